The Bertz CT molecular complexity index is 436. The predicted molar refractivity (Wildman–Crippen MR) is 85.1 cm³/mol. The van der Waals surface area contributed by atoms with Crippen LogP contribution in [0.5, 0.6) is 0 Å². The fraction of sp³-hybridized carbons (Fsp3) is 0.588. The summed E-state index contributed by atoms with van der Waals surface area (Å²) < 4.78 is 0. The fourth-order valence-corrected chi connectivity index (χ4v) is 3.18. The predicted octanol–water partition coefficient (Wildman–Crippen LogP) is 5.29. The number of hydrogen-bond donors (Lipinski definition) is 1. The van der Waals surface area contributed by atoms with Gasteiger partial charge in [-0.15, -0.1) is 11.6 Å². The van der Waals surface area contributed by atoms with E-state index in [9.17, 15) is 4.79 Å². The third-order valence-electron chi connectivity index (χ3n) is 4.11. The molecule has 110 valence electrons. The van der Waals surface area contributed by atoms with Crippen LogP contribution in [0.3, 0.4) is 0 Å². The van der Waals surface area contributed by atoms with E-state index in [0.717, 1.165) is 11.3 Å². The van der Waals surface area contributed by atoms with Crippen molar-refractivity contribution in [2.24, 2.45) is 5.92 Å². The van der Waals surface area contributed by atoms with E-state index in [0.29, 0.717) is 12.3 Å². The van der Waals surface area contributed by atoms with Gasteiger partial charge in [-0.1, -0.05) is 43.9 Å². The fourth-order valence-electron chi connectivity index (χ4n) is 2.99. The second kappa shape index (κ2) is 7.68. The summed E-state index contributed by atoms with van der Waals surface area (Å²) >= 11 is 6.15. The lowest BCUT2D eigenvalue weighted by Gasteiger charge is -2.16. The SMILES string of the molecule is CC(Cl)c1ccccc1NC(=O)CC1CCCCCC1. The zero-order chi connectivity index (χ0) is 14.4. The van der Waals surface area contributed by atoms with E-state index in [2.05, 4.69) is 5.32 Å². The quantitative estimate of drug-likeness (QED) is 0.593. The molecule has 20 heavy (non-hydrogen) atoms. The minimum absolute atomic E-state index is 0.0932. The van der Waals surface area contributed by atoms with E-state index in [-0.39, 0.29) is 11.3 Å². The lowest BCUT2D eigenvalue weighted by atomic mass is 9.96. The van der Waals surface area contributed by atoms with E-state index in [1.165, 1.54) is 38.5 Å². The van der Waals surface area contributed by atoms with Gasteiger partial charge in [0, 0.05) is 12.1 Å². The van der Waals surface area contributed by atoms with E-state index >= 15 is 0 Å². The minimum Gasteiger partial charge on any atom is -0.326 e. The molecule has 3 heteroatoms. The second-order valence-corrected chi connectivity index (χ2v) is 6.47. The molecular weight excluding hydrogens is 270 g/mol. The third kappa shape index (κ3) is 4.52. The molecule has 1 atom stereocenters. The smallest absolute Gasteiger partial charge is 0.224 e. The lowest BCUT2D eigenvalue weighted by Crippen LogP contribution is -2.17. The monoisotopic (exact) mass is 293 g/mol. The van der Waals surface area contributed by atoms with Gasteiger partial charge in [0.1, 0.15) is 0 Å². The summed E-state index contributed by atoms with van der Waals surface area (Å²) in [6.07, 6.45) is 8.23. The van der Waals surface area contributed by atoms with Gasteiger partial charge < -0.3 is 5.32 Å². The number of alkyl halides is 1. The molecule has 0 radical (unpaired) electrons. The summed E-state index contributed by atoms with van der Waals surface area (Å²) in [6, 6.07) is 7.79. The highest BCUT2D eigenvalue weighted by atomic mass is 35.5. The Balaban J connectivity index is 1.94. The summed E-state index contributed by atoms with van der Waals surface area (Å²) in [5.41, 5.74) is 1.84. The molecule has 1 aromatic carbocycles. The van der Waals surface area contributed by atoms with Gasteiger partial charge in [0.05, 0.1) is 5.38 Å². The molecule has 1 unspecified atom stereocenters. The maximum absolute atomic E-state index is 12.2. The van der Waals surface area contributed by atoms with E-state index in [1.807, 2.05) is 31.2 Å². The van der Waals surface area contributed by atoms with Gasteiger partial charge in [-0.05, 0) is 37.3 Å². The largest absolute Gasteiger partial charge is 0.326 e. The number of carbonyl (C=O) groups excluding carboxylic acids is 1. The standard InChI is InChI=1S/C17H24ClNO/c1-13(18)15-10-6-7-11-16(15)19-17(20)12-14-8-4-2-3-5-9-14/h6-7,10-11,13-14H,2-5,8-9,12H2,1H3,(H,19,20). The van der Waals surface area contributed by atoms with Crippen LogP contribution in [0, 0.1) is 5.92 Å². The molecule has 0 saturated heterocycles. The number of para-hydroxylation sites is 1. The summed E-state index contributed by atoms with van der Waals surface area (Å²) in [6.45, 7) is 1.93. The summed E-state index contributed by atoms with van der Waals surface area (Å²) in [5, 5.41) is 2.94. The minimum atomic E-state index is -0.0932. The zero-order valence-electron chi connectivity index (χ0n) is 12.2. The normalized spacial score (nSPS) is 18.3. The van der Waals surface area contributed by atoms with Crippen molar-refractivity contribution in [2.75, 3.05) is 5.32 Å². The van der Waals surface area contributed by atoms with Crippen molar-refractivity contribution in [1.29, 1.82) is 0 Å². The molecule has 2 rings (SSSR count). The van der Waals surface area contributed by atoms with Crippen LogP contribution in [-0.4, -0.2) is 5.91 Å². The van der Waals surface area contributed by atoms with Crippen molar-refractivity contribution in [3.63, 3.8) is 0 Å². The van der Waals surface area contributed by atoms with E-state index < -0.39 is 0 Å². The van der Waals surface area contributed by atoms with Gasteiger partial charge in [-0.2, -0.15) is 0 Å². The molecule has 0 heterocycles. The molecule has 1 amide bonds. The van der Waals surface area contributed by atoms with Crippen molar-refractivity contribution in [1.82, 2.24) is 0 Å². The van der Waals surface area contributed by atoms with Crippen LogP contribution in [0.1, 0.15) is 62.8 Å². The molecule has 1 aromatic rings. The number of amides is 1. The van der Waals surface area contributed by atoms with Crippen molar-refractivity contribution >= 4 is 23.2 Å². The van der Waals surface area contributed by atoms with Gasteiger partial charge in [0.2, 0.25) is 5.91 Å². The Labute approximate surface area is 126 Å². The molecule has 0 aromatic heterocycles. The number of carbonyl (C=O) groups is 1. The molecule has 1 N–H and O–H groups in total. The van der Waals surface area contributed by atoms with Gasteiger partial charge >= 0.3 is 0 Å². The lowest BCUT2D eigenvalue weighted by molar-refractivity contribution is -0.117. The van der Waals surface area contributed by atoms with Crippen molar-refractivity contribution in [3.8, 4) is 0 Å². The highest BCUT2D eigenvalue weighted by molar-refractivity contribution is 6.21. The number of hydrogen-bond acceptors (Lipinski definition) is 1. The van der Waals surface area contributed by atoms with Gasteiger partial charge in [-0.3, -0.25) is 4.79 Å². The van der Waals surface area contributed by atoms with Crippen LogP contribution >= 0.6 is 11.6 Å². The third-order valence-corrected chi connectivity index (χ3v) is 4.35. The Morgan fingerprint density at radius 2 is 1.90 bits per heavy atom. The van der Waals surface area contributed by atoms with Gasteiger partial charge in [0.15, 0.2) is 0 Å². The topological polar surface area (TPSA) is 29.1 Å². The van der Waals surface area contributed by atoms with Crippen LogP contribution in [0.15, 0.2) is 24.3 Å². The first-order valence-corrected chi connectivity index (χ1v) is 8.13. The molecule has 1 fully saturated rings. The molecule has 0 bridgehead atoms. The Morgan fingerprint density at radius 1 is 1.25 bits per heavy atom. The van der Waals surface area contributed by atoms with Crippen molar-refractivity contribution in [3.05, 3.63) is 29.8 Å². The van der Waals surface area contributed by atoms with Crippen LogP contribution in [0.4, 0.5) is 5.69 Å². The first-order valence-electron chi connectivity index (χ1n) is 7.69. The Hall–Kier alpha value is -1.02. The summed E-state index contributed by atoms with van der Waals surface area (Å²) in [4.78, 5) is 12.2. The average Bonchev–Trinajstić information content (AvgIpc) is 2.67. The van der Waals surface area contributed by atoms with Crippen LogP contribution < -0.4 is 5.32 Å². The summed E-state index contributed by atoms with van der Waals surface area (Å²) in [5.74, 6) is 0.680. The second-order valence-electron chi connectivity index (χ2n) is 5.81. The van der Waals surface area contributed by atoms with E-state index in [4.69, 9.17) is 11.6 Å². The van der Waals surface area contributed by atoms with Gasteiger partial charge in [0.25, 0.3) is 0 Å². The van der Waals surface area contributed by atoms with Crippen LogP contribution in [0.2, 0.25) is 0 Å². The Kier molecular flexibility index (Phi) is 5.90. The molecule has 2 nitrogen and oxygen atoms in total. The van der Waals surface area contributed by atoms with Gasteiger partial charge in [-0.25, -0.2) is 0 Å². The van der Waals surface area contributed by atoms with Crippen molar-refractivity contribution in [2.45, 2.75) is 57.2 Å². The number of anilines is 1. The maximum atomic E-state index is 12.2. The molecular formula is C17H24ClNO. The Morgan fingerprint density at radius 3 is 2.55 bits per heavy atom. The highest BCUT2D eigenvalue weighted by Crippen LogP contribution is 2.29. The molecule has 1 saturated carbocycles. The first-order chi connectivity index (χ1) is 9.66. The van der Waals surface area contributed by atoms with Crippen molar-refractivity contribution < 1.29 is 4.79 Å². The van der Waals surface area contributed by atoms with Crippen LogP contribution in [0.25, 0.3) is 0 Å². The molecule has 1 aliphatic rings. The van der Waals surface area contributed by atoms with E-state index in [1.54, 1.807) is 0 Å². The molecule has 0 aliphatic heterocycles. The number of nitrogens with one attached hydrogen (secondary N) is 1. The zero-order valence-corrected chi connectivity index (χ0v) is 13.0. The molecule has 1 aliphatic carbocycles. The number of halogens is 1. The number of rotatable bonds is 4. The maximum Gasteiger partial charge on any atom is 0.224 e. The molecule has 0 spiro atoms. The highest BCUT2D eigenvalue weighted by Gasteiger charge is 2.17. The summed E-state index contributed by atoms with van der Waals surface area (Å²) in [7, 11) is 0. The number of benzene rings is 1. The average molecular weight is 294 g/mol. The first kappa shape index (κ1) is 15.4. The van der Waals surface area contributed by atoms with Crippen LogP contribution in [-0.2, 0) is 4.79 Å².